The molecule has 0 radical (unpaired) electrons. The molecule has 5 nitrogen and oxygen atoms in total. The molecule has 0 saturated carbocycles. The lowest BCUT2D eigenvalue weighted by Gasteiger charge is -2.14. The van der Waals surface area contributed by atoms with Crippen LogP contribution in [0.1, 0.15) is 32.1 Å². The molecule has 0 aliphatic heterocycles. The van der Waals surface area contributed by atoms with Crippen molar-refractivity contribution in [2.75, 3.05) is 12.0 Å². The van der Waals surface area contributed by atoms with E-state index in [-0.39, 0.29) is 11.8 Å². The summed E-state index contributed by atoms with van der Waals surface area (Å²) in [4.78, 5) is 0. The van der Waals surface area contributed by atoms with Crippen LogP contribution in [0.3, 0.4) is 0 Å². The van der Waals surface area contributed by atoms with E-state index in [1.807, 2.05) is 13.8 Å². The maximum Gasteiger partial charge on any atom is 0.195 e. The first-order chi connectivity index (χ1) is 7.35. The zero-order valence-electron chi connectivity index (χ0n) is 9.73. The van der Waals surface area contributed by atoms with Crippen LogP contribution in [0, 0.1) is 4.77 Å². The molecule has 16 heavy (non-hydrogen) atoms. The number of nitrogens with zero attached hydrogens (tertiary/aromatic N) is 2. The molecule has 92 valence electrons. The highest BCUT2D eigenvalue weighted by Gasteiger charge is 2.16. The lowest BCUT2D eigenvalue weighted by Crippen LogP contribution is -2.18. The monoisotopic (exact) mass is 263 g/mol. The van der Waals surface area contributed by atoms with Crippen LogP contribution in [0.15, 0.2) is 0 Å². The van der Waals surface area contributed by atoms with Gasteiger partial charge in [0.15, 0.2) is 4.77 Å². The van der Waals surface area contributed by atoms with E-state index in [4.69, 9.17) is 12.2 Å². The number of aryl methyl sites for hydroxylation is 1. The van der Waals surface area contributed by atoms with Gasteiger partial charge in [0.2, 0.25) is 0 Å². The Morgan fingerprint density at radius 2 is 2.19 bits per heavy atom. The molecule has 1 N–H and O–H groups in total. The smallest absolute Gasteiger partial charge is 0.195 e. The molecule has 0 bridgehead atoms. The summed E-state index contributed by atoms with van der Waals surface area (Å²) in [5.74, 6) is 0.904. The van der Waals surface area contributed by atoms with Gasteiger partial charge in [-0.05, 0) is 25.6 Å². The fourth-order valence-electron chi connectivity index (χ4n) is 1.70. The van der Waals surface area contributed by atoms with Crippen molar-refractivity contribution in [2.24, 2.45) is 0 Å². The van der Waals surface area contributed by atoms with Gasteiger partial charge in [-0.15, -0.1) is 0 Å². The molecule has 0 saturated heterocycles. The predicted molar refractivity (Wildman–Crippen MR) is 65.8 cm³/mol. The number of aromatic nitrogens is 3. The van der Waals surface area contributed by atoms with Crippen molar-refractivity contribution in [1.29, 1.82) is 0 Å². The van der Waals surface area contributed by atoms with Crippen molar-refractivity contribution in [3.63, 3.8) is 0 Å². The van der Waals surface area contributed by atoms with Crippen molar-refractivity contribution < 1.29 is 8.42 Å². The predicted octanol–water partition coefficient (Wildman–Crippen LogP) is 1.50. The van der Waals surface area contributed by atoms with Gasteiger partial charge in [0.25, 0.3) is 0 Å². The number of sulfone groups is 1. The lowest BCUT2D eigenvalue weighted by molar-refractivity contribution is 0.539. The normalized spacial score (nSPS) is 13.9. The van der Waals surface area contributed by atoms with Gasteiger partial charge < -0.3 is 4.57 Å². The van der Waals surface area contributed by atoms with Gasteiger partial charge in [0.1, 0.15) is 15.7 Å². The third kappa shape index (κ3) is 3.41. The zero-order chi connectivity index (χ0) is 12.3. The molecule has 0 aromatic carbocycles. The van der Waals surface area contributed by atoms with Crippen molar-refractivity contribution in [2.45, 2.75) is 32.7 Å². The Labute approximate surface area is 101 Å². The average Bonchev–Trinajstić information content (AvgIpc) is 2.44. The van der Waals surface area contributed by atoms with Crippen LogP contribution in [-0.4, -0.2) is 35.2 Å². The third-order valence-corrected chi connectivity index (χ3v) is 3.61. The minimum atomic E-state index is -3.01. The minimum Gasteiger partial charge on any atom is -0.300 e. The number of aromatic amines is 1. The average molecular weight is 263 g/mol. The highest BCUT2D eigenvalue weighted by molar-refractivity contribution is 7.90. The minimum absolute atomic E-state index is 0.0809. The van der Waals surface area contributed by atoms with Crippen molar-refractivity contribution in [3.05, 3.63) is 10.6 Å². The van der Waals surface area contributed by atoms with Crippen LogP contribution in [0.25, 0.3) is 0 Å². The lowest BCUT2D eigenvalue weighted by atomic mass is 10.3. The molecule has 0 aliphatic rings. The summed E-state index contributed by atoms with van der Waals surface area (Å²) in [6, 6.07) is -0.178. The number of nitrogens with one attached hydrogen (secondary N) is 1. The number of H-pyrrole nitrogens is 1. The molecule has 7 heteroatoms. The fourth-order valence-corrected chi connectivity index (χ4v) is 3.06. The molecule has 1 heterocycles. The molecule has 0 spiro atoms. The molecular formula is C9H17N3O2S2. The first-order valence-corrected chi connectivity index (χ1v) is 7.65. The first kappa shape index (κ1) is 13.4. The van der Waals surface area contributed by atoms with Crippen LogP contribution >= 0.6 is 12.2 Å². The molecular weight excluding hydrogens is 246 g/mol. The second-order valence-corrected chi connectivity index (χ2v) is 6.58. The summed E-state index contributed by atoms with van der Waals surface area (Å²) < 4.78 is 24.8. The van der Waals surface area contributed by atoms with E-state index in [1.54, 1.807) is 4.57 Å². The summed E-state index contributed by atoms with van der Waals surface area (Å²) in [5, 5.41) is 6.82. The van der Waals surface area contributed by atoms with E-state index < -0.39 is 9.84 Å². The van der Waals surface area contributed by atoms with Crippen LogP contribution in [0.4, 0.5) is 0 Å². The molecule has 1 aromatic rings. The van der Waals surface area contributed by atoms with Gasteiger partial charge >= 0.3 is 0 Å². The van der Waals surface area contributed by atoms with E-state index in [9.17, 15) is 8.42 Å². The van der Waals surface area contributed by atoms with Crippen LogP contribution in [0.2, 0.25) is 0 Å². The van der Waals surface area contributed by atoms with Gasteiger partial charge in [-0.3, -0.25) is 5.10 Å². The van der Waals surface area contributed by atoms with E-state index in [1.165, 1.54) is 6.26 Å². The molecule has 0 aliphatic carbocycles. The van der Waals surface area contributed by atoms with E-state index in [0.717, 1.165) is 18.7 Å². The Kier molecular flexibility index (Phi) is 4.26. The van der Waals surface area contributed by atoms with Gasteiger partial charge in [-0.2, -0.15) is 5.10 Å². The fraction of sp³-hybridized carbons (Fsp3) is 0.778. The Hall–Kier alpha value is -0.690. The second-order valence-electron chi connectivity index (χ2n) is 4.01. The summed E-state index contributed by atoms with van der Waals surface area (Å²) in [6.07, 6.45) is 2.97. The molecule has 1 atom stereocenters. The van der Waals surface area contributed by atoms with Crippen LogP contribution < -0.4 is 0 Å². The number of rotatable bonds is 5. The number of hydrogen-bond donors (Lipinski definition) is 1. The highest BCUT2D eigenvalue weighted by atomic mass is 32.2. The first-order valence-electron chi connectivity index (χ1n) is 5.18. The Morgan fingerprint density at radius 3 is 2.69 bits per heavy atom. The zero-order valence-corrected chi connectivity index (χ0v) is 11.4. The standard InChI is InChI=1S/C9H17N3O2S2/c1-4-5-8-10-11-9(15)12(8)7(2)6-16(3,13)14/h7H,4-6H2,1-3H3,(H,11,15). The topological polar surface area (TPSA) is 67.8 Å². The Morgan fingerprint density at radius 1 is 1.56 bits per heavy atom. The summed E-state index contributed by atoms with van der Waals surface area (Å²) in [6.45, 7) is 3.88. The Balaban J connectivity index is 3.02. The van der Waals surface area contributed by atoms with Crippen molar-refractivity contribution >= 4 is 22.1 Å². The quantitative estimate of drug-likeness (QED) is 0.817. The summed E-state index contributed by atoms with van der Waals surface area (Å²) in [5.41, 5.74) is 0. The van der Waals surface area contributed by atoms with Gasteiger partial charge in [0.05, 0.1) is 5.75 Å². The highest BCUT2D eigenvalue weighted by Crippen LogP contribution is 2.13. The molecule has 0 fully saturated rings. The summed E-state index contributed by atoms with van der Waals surface area (Å²) >= 11 is 5.10. The molecule has 1 rings (SSSR count). The Bertz CT molecular complexity index is 501. The number of hydrogen-bond acceptors (Lipinski definition) is 4. The maximum absolute atomic E-state index is 11.2. The van der Waals surface area contributed by atoms with Gasteiger partial charge in [-0.1, -0.05) is 6.92 Å². The van der Waals surface area contributed by atoms with Crippen LogP contribution in [0.5, 0.6) is 0 Å². The maximum atomic E-state index is 11.2. The largest absolute Gasteiger partial charge is 0.300 e. The van der Waals surface area contributed by atoms with Crippen LogP contribution in [-0.2, 0) is 16.3 Å². The van der Waals surface area contributed by atoms with E-state index in [2.05, 4.69) is 10.2 Å². The van der Waals surface area contributed by atoms with Crippen molar-refractivity contribution in [1.82, 2.24) is 14.8 Å². The van der Waals surface area contributed by atoms with E-state index in [0.29, 0.717) is 4.77 Å². The SMILES string of the molecule is CCCc1n[nH]c(=S)n1C(C)CS(C)(=O)=O. The van der Waals surface area contributed by atoms with Crippen molar-refractivity contribution in [3.8, 4) is 0 Å². The van der Waals surface area contributed by atoms with Gasteiger partial charge in [-0.25, -0.2) is 8.42 Å². The molecule has 1 aromatic heterocycles. The van der Waals surface area contributed by atoms with Gasteiger partial charge in [0, 0.05) is 18.7 Å². The third-order valence-electron chi connectivity index (χ3n) is 2.24. The molecule has 0 amide bonds. The van der Waals surface area contributed by atoms with E-state index >= 15 is 0 Å². The molecule has 1 unspecified atom stereocenters. The second kappa shape index (κ2) is 5.09. The summed E-state index contributed by atoms with van der Waals surface area (Å²) in [7, 11) is -3.01.